The summed E-state index contributed by atoms with van der Waals surface area (Å²) in [5.74, 6) is 0. The van der Waals surface area contributed by atoms with Crippen LogP contribution >= 0.6 is 0 Å². The van der Waals surface area contributed by atoms with E-state index >= 15 is 0 Å². The van der Waals surface area contributed by atoms with Crippen molar-refractivity contribution in [2.24, 2.45) is 0 Å². The molecule has 0 saturated carbocycles. The Labute approximate surface area is 291 Å². The normalized spacial score (nSPS) is 11.2. The van der Waals surface area contributed by atoms with Crippen molar-refractivity contribution in [1.82, 2.24) is 4.98 Å². The second-order valence-corrected chi connectivity index (χ2v) is 12.4. The van der Waals surface area contributed by atoms with E-state index < -0.39 is 0 Å². The van der Waals surface area contributed by atoms with E-state index in [1.54, 1.807) is 6.20 Å². The summed E-state index contributed by atoms with van der Waals surface area (Å²) in [6.45, 7) is 0. The fourth-order valence-corrected chi connectivity index (χ4v) is 6.90. The first kappa shape index (κ1) is 29.4. The van der Waals surface area contributed by atoms with E-state index in [1.807, 2.05) is 18.3 Å². The maximum Gasteiger partial charge on any atom is 0.138 e. The fourth-order valence-electron chi connectivity index (χ4n) is 6.90. The highest BCUT2D eigenvalue weighted by Crippen LogP contribution is 2.40. The van der Waals surface area contributed by atoms with Gasteiger partial charge in [0.1, 0.15) is 11.2 Å². The molecule has 0 aliphatic carbocycles. The summed E-state index contributed by atoms with van der Waals surface area (Å²) in [6, 6.07) is 64.5. The topological polar surface area (TPSA) is 29.3 Å². The van der Waals surface area contributed by atoms with E-state index in [0.717, 1.165) is 61.3 Å². The molecule has 0 spiro atoms. The molecule has 0 aliphatic heterocycles. The fraction of sp³-hybridized carbons (Fsp3) is 0. The number of rotatable bonds is 7. The maximum absolute atomic E-state index is 6.15. The molecule has 2 aromatic heterocycles. The summed E-state index contributed by atoms with van der Waals surface area (Å²) in [7, 11) is 0. The second kappa shape index (κ2) is 12.7. The molecule has 0 bridgehead atoms. The lowest BCUT2D eigenvalue weighted by atomic mass is 9.96. The van der Waals surface area contributed by atoms with Crippen molar-refractivity contribution >= 4 is 39.0 Å². The van der Waals surface area contributed by atoms with Crippen molar-refractivity contribution in [2.75, 3.05) is 4.90 Å². The van der Waals surface area contributed by atoms with E-state index in [9.17, 15) is 0 Å². The predicted molar refractivity (Wildman–Crippen MR) is 208 cm³/mol. The number of anilines is 3. The van der Waals surface area contributed by atoms with E-state index in [4.69, 9.17) is 4.42 Å². The van der Waals surface area contributed by atoms with Gasteiger partial charge in [0.15, 0.2) is 0 Å². The first-order valence-electron chi connectivity index (χ1n) is 16.9. The molecule has 9 aromatic rings. The first-order chi connectivity index (χ1) is 24.8. The highest BCUT2D eigenvalue weighted by atomic mass is 16.3. The molecular weight excluding hydrogens is 609 g/mol. The van der Waals surface area contributed by atoms with Crippen molar-refractivity contribution in [2.45, 2.75) is 0 Å². The summed E-state index contributed by atoms with van der Waals surface area (Å²) in [4.78, 5) is 6.70. The van der Waals surface area contributed by atoms with Crippen LogP contribution < -0.4 is 4.90 Å². The average molecular weight is 641 g/mol. The van der Waals surface area contributed by atoms with Gasteiger partial charge in [-0.1, -0.05) is 127 Å². The highest BCUT2D eigenvalue weighted by Gasteiger charge is 2.15. The molecule has 0 saturated heterocycles. The molecule has 0 fully saturated rings. The third-order valence-corrected chi connectivity index (χ3v) is 9.39. The zero-order valence-corrected chi connectivity index (χ0v) is 27.3. The third kappa shape index (κ3) is 5.51. The van der Waals surface area contributed by atoms with Gasteiger partial charge in [-0.25, -0.2) is 0 Å². The smallest absolute Gasteiger partial charge is 0.138 e. The van der Waals surface area contributed by atoms with Gasteiger partial charge in [0, 0.05) is 40.2 Å². The Bertz CT molecular complexity index is 2470. The molecule has 0 N–H and O–H groups in total. The van der Waals surface area contributed by atoms with Crippen LogP contribution in [-0.2, 0) is 0 Å². The molecule has 236 valence electrons. The molecule has 7 aromatic carbocycles. The van der Waals surface area contributed by atoms with Gasteiger partial charge in [0.25, 0.3) is 0 Å². The SMILES string of the molecule is c1ccc(-c2ccc(N(c3ccc(-c4ccccc4)cc3)c3ccc(-c4cccc(-c5cccc6oc7ccncc7c56)c4)cc3)cc2)cc1. The van der Waals surface area contributed by atoms with Crippen LogP contribution in [0.15, 0.2) is 199 Å². The van der Waals surface area contributed by atoms with E-state index in [2.05, 4.69) is 180 Å². The largest absolute Gasteiger partial charge is 0.456 e. The van der Waals surface area contributed by atoms with Crippen molar-refractivity contribution in [3.63, 3.8) is 0 Å². The number of nitrogens with zero attached hydrogens (tertiary/aromatic N) is 2. The third-order valence-electron chi connectivity index (χ3n) is 9.39. The van der Waals surface area contributed by atoms with Gasteiger partial charge in [0.2, 0.25) is 0 Å². The number of aromatic nitrogens is 1. The van der Waals surface area contributed by atoms with Crippen LogP contribution in [0.25, 0.3) is 66.4 Å². The molecule has 0 unspecified atom stereocenters. The highest BCUT2D eigenvalue weighted by molar-refractivity contribution is 6.12. The number of benzene rings is 7. The lowest BCUT2D eigenvalue weighted by Gasteiger charge is -2.26. The molecule has 3 nitrogen and oxygen atoms in total. The summed E-state index contributed by atoms with van der Waals surface area (Å²) in [5.41, 5.74) is 14.4. The van der Waals surface area contributed by atoms with Gasteiger partial charge in [-0.3, -0.25) is 4.98 Å². The second-order valence-electron chi connectivity index (χ2n) is 12.4. The van der Waals surface area contributed by atoms with Crippen LogP contribution in [0, 0.1) is 0 Å². The molecule has 0 aliphatic rings. The van der Waals surface area contributed by atoms with Crippen LogP contribution in [0.2, 0.25) is 0 Å². The van der Waals surface area contributed by atoms with Crippen molar-refractivity contribution in [3.8, 4) is 44.5 Å². The average Bonchev–Trinajstić information content (AvgIpc) is 3.59. The number of furan rings is 1. The first-order valence-corrected chi connectivity index (χ1v) is 16.9. The van der Waals surface area contributed by atoms with Crippen LogP contribution in [0.5, 0.6) is 0 Å². The zero-order valence-electron chi connectivity index (χ0n) is 27.3. The van der Waals surface area contributed by atoms with Gasteiger partial charge in [-0.05, 0) is 99.1 Å². The van der Waals surface area contributed by atoms with E-state index in [0.29, 0.717) is 0 Å². The van der Waals surface area contributed by atoms with Crippen molar-refractivity contribution < 1.29 is 4.42 Å². The summed E-state index contributed by atoms with van der Waals surface area (Å²) >= 11 is 0. The molecule has 0 atom stereocenters. The number of pyridine rings is 1. The molecule has 0 radical (unpaired) electrons. The Morgan fingerprint density at radius 3 is 1.44 bits per heavy atom. The van der Waals surface area contributed by atoms with Crippen LogP contribution in [-0.4, -0.2) is 4.98 Å². The van der Waals surface area contributed by atoms with Crippen LogP contribution in [0.1, 0.15) is 0 Å². The molecular formula is C47H32N2O. The number of fused-ring (bicyclic) bond motifs is 3. The van der Waals surface area contributed by atoms with Crippen molar-refractivity contribution in [1.29, 1.82) is 0 Å². The van der Waals surface area contributed by atoms with Crippen LogP contribution in [0.3, 0.4) is 0 Å². The lowest BCUT2D eigenvalue weighted by Crippen LogP contribution is -2.09. The van der Waals surface area contributed by atoms with Gasteiger partial charge in [0.05, 0.1) is 0 Å². The zero-order chi connectivity index (χ0) is 33.3. The molecule has 2 heterocycles. The Balaban J connectivity index is 1.08. The van der Waals surface area contributed by atoms with Crippen molar-refractivity contribution in [3.05, 3.63) is 194 Å². The Morgan fingerprint density at radius 1 is 0.380 bits per heavy atom. The lowest BCUT2D eigenvalue weighted by molar-refractivity contribution is 0.668. The maximum atomic E-state index is 6.15. The molecule has 3 heteroatoms. The standard InChI is InChI=1S/C47H32N2O/c1-3-9-33(10-4-1)35-17-23-40(24-18-35)49(41-25-19-36(20-26-41)34-11-5-2-6-12-34)42-27-21-37(22-28-42)38-13-7-14-39(31-38)43-15-8-16-46-47(43)44-32-48-30-29-45(44)50-46/h1-32H. The number of hydrogen-bond donors (Lipinski definition) is 0. The molecule has 50 heavy (non-hydrogen) atoms. The Hall–Kier alpha value is -6.71. The van der Waals surface area contributed by atoms with Crippen LogP contribution in [0.4, 0.5) is 17.1 Å². The van der Waals surface area contributed by atoms with E-state index in [-0.39, 0.29) is 0 Å². The molecule has 0 amide bonds. The summed E-state index contributed by atoms with van der Waals surface area (Å²) in [5, 5.41) is 2.12. The Morgan fingerprint density at radius 2 is 0.860 bits per heavy atom. The van der Waals surface area contributed by atoms with Gasteiger partial charge < -0.3 is 9.32 Å². The minimum absolute atomic E-state index is 0.850. The summed E-state index contributed by atoms with van der Waals surface area (Å²) < 4.78 is 6.15. The monoisotopic (exact) mass is 640 g/mol. The van der Waals surface area contributed by atoms with Gasteiger partial charge >= 0.3 is 0 Å². The molecule has 9 rings (SSSR count). The Kier molecular flexibility index (Phi) is 7.49. The quantitative estimate of drug-likeness (QED) is 0.174. The predicted octanol–water partition coefficient (Wildman–Crippen LogP) is 13.1. The summed E-state index contributed by atoms with van der Waals surface area (Å²) in [6.07, 6.45) is 3.67. The van der Waals surface area contributed by atoms with E-state index in [1.165, 1.54) is 22.3 Å². The minimum atomic E-state index is 0.850. The van der Waals surface area contributed by atoms with Gasteiger partial charge in [-0.15, -0.1) is 0 Å². The number of hydrogen-bond acceptors (Lipinski definition) is 3. The van der Waals surface area contributed by atoms with Gasteiger partial charge in [-0.2, -0.15) is 0 Å². The minimum Gasteiger partial charge on any atom is -0.456 e.